The fourth-order valence-electron chi connectivity index (χ4n) is 2.56. The van der Waals surface area contributed by atoms with Crippen LogP contribution in [-0.2, 0) is 0 Å². The Hall–Kier alpha value is -1.61. The molecular formula is C14H16N2O. The molecule has 3 heteroatoms. The van der Waals surface area contributed by atoms with Gasteiger partial charge in [0.25, 0.3) is 0 Å². The van der Waals surface area contributed by atoms with Gasteiger partial charge in [0.1, 0.15) is 0 Å². The van der Waals surface area contributed by atoms with Gasteiger partial charge in [-0.3, -0.25) is 4.79 Å². The molecule has 88 valence electrons. The highest BCUT2D eigenvalue weighted by Gasteiger charge is 2.15. The molecule has 1 aromatic heterocycles. The third kappa shape index (κ3) is 2.11. The first-order chi connectivity index (χ1) is 8.33. The standard InChI is InChI=1S/C14H16N2O/c17-14-6-5-10-3-4-11(8-13(10)16-14)12-2-1-7-15-9-12/h3-6,8,12,15H,1-2,7,9H2,(H,16,17). The number of aromatic nitrogens is 1. The summed E-state index contributed by atoms with van der Waals surface area (Å²) in [6.45, 7) is 2.17. The lowest BCUT2D eigenvalue weighted by atomic mass is 9.91. The van der Waals surface area contributed by atoms with Gasteiger partial charge in [-0.05, 0) is 48.4 Å². The van der Waals surface area contributed by atoms with E-state index in [-0.39, 0.29) is 5.56 Å². The lowest BCUT2D eigenvalue weighted by Gasteiger charge is -2.23. The van der Waals surface area contributed by atoms with Crippen LogP contribution in [0.1, 0.15) is 24.3 Å². The summed E-state index contributed by atoms with van der Waals surface area (Å²) in [4.78, 5) is 14.2. The van der Waals surface area contributed by atoms with Crippen LogP contribution < -0.4 is 10.9 Å². The van der Waals surface area contributed by atoms with Crippen molar-refractivity contribution in [1.29, 1.82) is 0 Å². The molecule has 0 spiro atoms. The molecule has 1 unspecified atom stereocenters. The van der Waals surface area contributed by atoms with E-state index in [1.54, 1.807) is 6.07 Å². The van der Waals surface area contributed by atoms with E-state index in [0.717, 1.165) is 24.0 Å². The fourth-order valence-corrected chi connectivity index (χ4v) is 2.56. The van der Waals surface area contributed by atoms with E-state index in [2.05, 4.69) is 28.5 Å². The summed E-state index contributed by atoms with van der Waals surface area (Å²) in [5, 5.41) is 4.52. The lowest BCUT2D eigenvalue weighted by molar-refractivity contribution is 0.462. The SMILES string of the molecule is O=c1ccc2ccc(C3CCCNC3)cc2[nH]1. The predicted molar refractivity (Wildman–Crippen MR) is 69.4 cm³/mol. The third-order valence-corrected chi connectivity index (χ3v) is 3.52. The number of rotatable bonds is 1. The molecule has 0 aliphatic carbocycles. The highest BCUT2D eigenvalue weighted by atomic mass is 16.1. The topological polar surface area (TPSA) is 44.9 Å². The minimum atomic E-state index is -0.0311. The van der Waals surface area contributed by atoms with Crippen molar-refractivity contribution in [2.75, 3.05) is 13.1 Å². The lowest BCUT2D eigenvalue weighted by Crippen LogP contribution is -2.28. The normalized spacial score (nSPS) is 20.6. The van der Waals surface area contributed by atoms with Crippen LogP contribution in [0, 0.1) is 0 Å². The summed E-state index contributed by atoms with van der Waals surface area (Å²) in [5.41, 5.74) is 2.24. The van der Waals surface area contributed by atoms with Gasteiger partial charge in [-0.15, -0.1) is 0 Å². The third-order valence-electron chi connectivity index (χ3n) is 3.52. The Balaban J connectivity index is 2.02. The molecule has 3 rings (SSSR count). The Morgan fingerprint density at radius 3 is 2.88 bits per heavy atom. The van der Waals surface area contributed by atoms with E-state index in [1.807, 2.05) is 6.07 Å². The Bertz CT molecular complexity index is 582. The van der Waals surface area contributed by atoms with Crippen molar-refractivity contribution in [3.8, 4) is 0 Å². The zero-order chi connectivity index (χ0) is 11.7. The van der Waals surface area contributed by atoms with E-state index in [9.17, 15) is 4.79 Å². The number of hydrogen-bond acceptors (Lipinski definition) is 2. The predicted octanol–water partition coefficient (Wildman–Crippen LogP) is 2.00. The minimum Gasteiger partial charge on any atom is -0.322 e. The van der Waals surface area contributed by atoms with Gasteiger partial charge in [0, 0.05) is 18.1 Å². The van der Waals surface area contributed by atoms with Gasteiger partial charge in [-0.25, -0.2) is 0 Å². The molecule has 2 aromatic rings. The number of benzene rings is 1. The van der Waals surface area contributed by atoms with Crippen LogP contribution >= 0.6 is 0 Å². The summed E-state index contributed by atoms with van der Waals surface area (Å²) in [6, 6.07) is 9.84. The number of hydrogen-bond donors (Lipinski definition) is 2. The summed E-state index contributed by atoms with van der Waals surface area (Å²) in [5.74, 6) is 0.580. The van der Waals surface area contributed by atoms with Crippen molar-refractivity contribution in [3.63, 3.8) is 0 Å². The van der Waals surface area contributed by atoms with E-state index in [0.29, 0.717) is 5.92 Å². The minimum absolute atomic E-state index is 0.0311. The van der Waals surface area contributed by atoms with Crippen LogP contribution in [-0.4, -0.2) is 18.1 Å². The summed E-state index contributed by atoms with van der Waals surface area (Å²) in [7, 11) is 0. The van der Waals surface area contributed by atoms with Crippen molar-refractivity contribution in [2.24, 2.45) is 0 Å². The maximum atomic E-state index is 11.3. The highest BCUT2D eigenvalue weighted by molar-refractivity contribution is 5.79. The molecule has 1 aliphatic rings. The van der Waals surface area contributed by atoms with Crippen LogP contribution in [0.4, 0.5) is 0 Å². The first-order valence-corrected chi connectivity index (χ1v) is 6.17. The zero-order valence-corrected chi connectivity index (χ0v) is 9.70. The second-order valence-electron chi connectivity index (χ2n) is 4.71. The van der Waals surface area contributed by atoms with Gasteiger partial charge >= 0.3 is 0 Å². The van der Waals surface area contributed by atoms with Gasteiger partial charge < -0.3 is 10.3 Å². The van der Waals surface area contributed by atoms with E-state index in [1.165, 1.54) is 18.4 Å². The van der Waals surface area contributed by atoms with Crippen LogP contribution in [0.25, 0.3) is 10.9 Å². The Morgan fingerprint density at radius 2 is 2.06 bits per heavy atom. The maximum absolute atomic E-state index is 11.3. The van der Waals surface area contributed by atoms with Gasteiger partial charge in [0.2, 0.25) is 5.56 Å². The van der Waals surface area contributed by atoms with Crippen LogP contribution in [0.15, 0.2) is 35.1 Å². The quantitative estimate of drug-likeness (QED) is 0.784. The molecule has 0 amide bonds. The highest BCUT2D eigenvalue weighted by Crippen LogP contribution is 2.25. The molecule has 1 fully saturated rings. The molecule has 2 heterocycles. The Labute approximate surface area is 99.9 Å². The molecule has 1 aliphatic heterocycles. The van der Waals surface area contributed by atoms with E-state index < -0.39 is 0 Å². The number of fused-ring (bicyclic) bond motifs is 1. The maximum Gasteiger partial charge on any atom is 0.248 e. The summed E-state index contributed by atoms with van der Waals surface area (Å²) < 4.78 is 0. The largest absolute Gasteiger partial charge is 0.322 e. The summed E-state index contributed by atoms with van der Waals surface area (Å²) in [6.07, 6.45) is 2.46. The fraction of sp³-hybridized carbons (Fsp3) is 0.357. The van der Waals surface area contributed by atoms with Gasteiger partial charge in [-0.2, -0.15) is 0 Å². The summed E-state index contributed by atoms with van der Waals surface area (Å²) >= 11 is 0. The average molecular weight is 228 g/mol. The first kappa shape index (κ1) is 10.5. The van der Waals surface area contributed by atoms with E-state index >= 15 is 0 Å². The molecule has 17 heavy (non-hydrogen) atoms. The molecule has 1 atom stereocenters. The number of piperidine rings is 1. The molecule has 0 radical (unpaired) electrons. The Morgan fingerprint density at radius 1 is 1.18 bits per heavy atom. The second-order valence-corrected chi connectivity index (χ2v) is 4.71. The number of aromatic amines is 1. The molecule has 1 saturated heterocycles. The van der Waals surface area contributed by atoms with Crippen LogP contribution in [0.2, 0.25) is 0 Å². The average Bonchev–Trinajstić information content (AvgIpc) is 2.39. The van der Waals surface area contributed by atoms with Crippen molar-refractivity contribution in [1.82, 2.24) is 10.3 Å². The second kappa shape index (κ2) is 4.34. The number of H-pyrrole nitrogens is 1. The van der Waals surface area contributed by atoms with Gasteiger partial charge in [0.05, 0.1) is 0 Å². The molecule has 0 bridgehead atoms. The molecule has 2 N–H and O–H groups in total. The monoisotopic (exact) mass is 228 g/mol. The number of nitrogens with one attached hydrogen (secondary N) is 2. The van der Waals surface area contributed by atoms with Crippen molar-refractivity contribution in [3.05, 3.63) is 46.2 Å². The van der Waals surface area contributed by atoms with Crippen molar-refractivity contribution >= 4 is 10.9 Å². The first-order valence-electron chi connectivity index (χ1n) is 6.17. The van der Waals surface area contributed by atoms with Crippen LogP contribution in [0.3, 0.4) is 0 Å². The van der Waals surface area contributed by atoms with Gasteiger partial charge in [-0.1, -0.05) is 12.1 Å². The van der Waals surface area contributed by atoms with Gasteiger partial charge in [0.15, 0.2) is 0 Å². The number of pyridine rings is 1. The van der Waals surface area contributed by atoms with Crippen molar-refractivity contribution < 1.29 is 0 Å². The zero-order valence-electron chi connectivity index (χ0n) is 9.70. The molecule has 0 saturated carbocycles. The van der Waals surface area contributed by atoms with E-state index in [4.69, 9.17) is 0 Å². The molecular weight excluding hydrogens is 212 g/mol. The molecule has 1 aromatic carbocycles. The smallest absolute Gasteiger partial charge is 0.248 e. The Kier molecular flexibility index (Phi) is 2.69. The van der Waals surface area contributed by atoms with Crippen LogP contribution in [0.5, 0.6) is 0 Å². The molecule has 3 nitrogen and oxygen atoms in total. The van der Waals surface area contributed by atoms with Crippen molar-refractivity contribution in [2.45, 2.75) is 18.8 Å².